The van der Waals surface area contributed by atoms with Crippen molar-refractivity contribution in [1.82, 2.24) is 15.0 Å². The average Bonchev–Trinajstić information content (AvgIpc) is 3.27. The second-order valence-electron chi connectivity index (χ2n) is 11.5. The fourth-order valence-corrected chi connectivity index (χ4v) is 8.78. The molecule has 1 heterocycles. The molecule has 28 heavy (non-hydrogen) atoms. The maximum atomic E-state index is 10.6. The first-order chi connectivity index (χ1) is 13.4. The van der Waals surface area contributed by atoms with E-state index >= 15 is 0 Å². The number of rotatable bonds is 3. The van der Waals surface area contributed by atoms with Crippen molar-refractivity contribution in [1.29, 1.82) is 0 Å². The number of aliphatic hydroxyl groups is 1. The number of aromatic nitrogens is 3. The summed E-state index contributed by atoms with van der Waals surface area (Å²) in [6.45, 7) is 8.11. The van der Waals surface area contributed by atoms with Crippen LogP contribution in [0.1, 0.15) is 78.6 Å². The Morgan fingerprint density at radius 3 is 2.50 bits per heavy atom. The van der Waals surface area contributed by atoms with Crippen LogP contribution >= 0.6 is 0 Å². The summed E-state index contributed by atoms with van der Waals surface area (Å²) in [5.41, 5.74) is 0.117. The van der Waals surface area contributed by atoms with Crippen LogP contribution in [0.25, 0.3) is 0 Å². The first kappa shape index (κ1) is 19.1. The Kier molecular flexibility index (Phi) is 4.65. The van der Waals surface area contributed by atoms with Gasteiger partial charge in [-0.25, -0.2) is 0 Å². The number of fused-ring (bicyclic) bond motifs is 5. The van der Waals surface area contributed by atoms with Crippen molar-refractivity contribution >= 4 is 0 Å². The van der Waals surface area contributed by atoms with Crippen LogP contribution in [0.3, 0.4) is 0 Å². The minimum absolute atomic E-state index is 0.397. The first-order valence-electron chi connectivity index (χ1n) is 11.9. The summed E-state index contributed by atoms with van der Waals surface area (Å²) in [5.74, 6) is 5.96. The van der Waals surface area contributed by atoms with Crippen molar-refractivity contribution in [2.45, 2.75) is 90.7 Å². The van der Waals surface area contributed by atoms with Crippen molar-refractivity contribution in [3.63, 3.8) is 0 Å². The highest BCUT2D eigenvalue weighted by atomic mass is 16.3. The summed E-state index contributed by atoms with van der Waals surface area (Å²) in [6, 6.07) is 0. The lowest BCUT2D eigenvalue weighted by molar-refractivity contribution is -0.103. The van der Waals surface area contributed by atoms with Gasteiger partial charge in [0.2, 0.25) is 0 Å². The fraction of sp³-hybridized carbons (Fsp3) is 0.917. The second kappa shape index (κ2) is 6.82. The summed E-state index contributed by atoms with van der Waals surface area (Å²) >= 11 is 0. The molecule has 0 bridgehead atoms. The highest BCUT2D eigenvalue weighted by Crippen LogP contribution is 2.65. The largest absolute Gasteiger partial charge is 0.390 e. The summed E-state index contributed by atoms with van der Waals surface area (Å²) in [4.78, 5) is 1.89. The quantitative estimate of drug-likeness (QED) is 0.802. The first-order valence-corrected chi connectivity index (χ1v) is 11.9. The summed E-state index contributed by atoms with van der Waals surface area (Å²) in [6.07, 6.45) is 15.4. The molecule has 156 valence electrons. The minimum atomic E-state index is -0.397. The van der Waals surface area contributed by atoms with E-state index in [1.807, 2.05) is 4.80 Å². The number of hydrogen-bond acceptors (Lipinski definition) is 3. The molecule has 4 aliphatic carbocycles. The van der Waals surface area contributed by atoms with Crippen LogP contribution in [-0.2, 0) is 6.54 Å². The lowest BCUT2D eigenvalue weighted by Gasteiger charge is -2.57. The Morgan fingerprint density at radius 2 is 1.71 bits per heavy atom. The summed E-state index contributed by atoms with van der Waals surface area (Å²) in [7, 11) is 0. The molecule has 0 unspecified atom stereocenters. The highest BCUT2D eigenvalue weighted by molar-refractivity contribution is 5.07. The van der Waals surface area contributed by atoms with E-state index in [-0.39, 0.29) is 0 Å². The molecule has 4 aliphatic rings. The Hall–Kier alpha value is -0.900. The SMILES string of the molecule is C[C@H](Cn1nccn1)[C@H]1CC[C@H]2[C@@H]3CC[C@@H]4C[C@](C)(O)CC[C@@H]4[C@H]3CC[C@]12C. The normalized spacial score (nSPS) is 49.1. The average molecular weight is 386 g/mol. The second-order valence-corrected chi connectivity index (χ2v) is 11.5. The molecule has 0 spiro atoms. The van der Waals surface area contributed by atoms with E-state index in [1.54, 1.807) is 12.4 Å². The van der Waals surface area contributed by atoms with E-state index < -0.39 is 5.60 Å². The van der Waals surface area contributed by atoms with E-state index in [2.05, 4.69) is 31.0 Å². The van der Waals surface area contributed by atoms with Crippen LogP contribution in [-0.4, -0.2) is 25.7 Å². The predicted octanol–water partition coefficient (Wildman–Crippen LogP) is 4.93. The molecule has 9 atom stereocenters. The minimum Gasteiger partial charge on any atom is -0.390 e. The standard InChI is InChI=1S/C24H39N3O/c1-16(15-27-25-12-13-26-27)21-6-7-22-20-5-4-17-14-23(2,28)10-8-18(17)19(20)9-11-24(21,22)3/h12-13,16-22,28H,4-11,14-15H2,1-3H3/t16-,17-,18+,19-,20-,21-,22+,23-,24-/m1/s1. The third-order valence-corrected chi connectivity index (χ3v) is 9.92. The van der Waals surface area contributed by atoms with E-state index in [1.165, 1.54) is 44.9 Å². The molecule has 4 heteroatoms. The molecule has 1 aromatic rings. The molecule has 0 amide bonds. The smallest absolute Gasteiger partial charge is 0.0693 e. The molecule has 4 nitrogen and oxygen atoms in total. The van der Waals surface area contributed by atoms with Crippen molar-refractivity contribution in [3.05, 3.63) is 12.4 Å². The van der Waals surface area contributed by atoms with Crippen LogP contribution in [0.4, 0.5) is 0 Å². The van der Waals surface area contributed by atoms with Gasteiger partial charge in [0.05, 0.1) is 24.5 Å². The van der Waals surface area contributed by atoms with Crippen LogP contribution in [0.5, 0.6) is 0 Å². The van der Waals surface area contributed by atoms with Gasteiger partial charge in [-0.2, -0.15) is 15.0 Å². The van der Waals surface area contributed by atoms with Crippen molar-refractivity contribution in [2.24, 2.45) is 46.8 Å². The van der Waals surface area contributed by atoms with Gasteiger partial charge in [0, 0.05) is 0 Å². The Bertz CT molecular complexity index is 686. The Labute approximate surface area is 170 Å². The molecule has 5 rings (SSSR count). The fourth-order valence-electron chi connectivity index (χ4n) is 8.78. The van der Waals surface area contributed by atoms with Crippen LogP contribution < -0.4 is 0 Å². The maximum absolute atomic E-state index is 10.6. The van der Waals surface area contributed by atoms with Crippen LogP contribution in [0.2, 0.25) is 0 Å². The molecule has 0 radical (unpaired) electrons. The van der Waals surface area contributed by atoms with Crippen molar-refractivity contribution < 1.29 is 5.11 Å². The molecule has 0 aromatic carbocycles. The van der Waals surface area contributed by atoms with Gasteiger partial charge in [-0.15, -0.1) is 0 Å². The molecule has 1 aromatic heterocycles. The van der Waals surface area contributed by atoms with Gasteiger partial charge in [0.1, 0.15) is 0 Å². The lowest BCUT2D eigenvalue weighted by Crippen LogP contribution is -2.51. The van der Waals surface area contributed by atoms with E-state index in [4.69, 9.17) is 0 Å². The van der Waals surface area contributed by atoms with E-state index in [9.17, 15) is 5.11 Å². The Morgan fingerprint density at radius 1 is 0.964 bits per heavy atom. The Balaban J connectivity index is 1.31. The zero-order valence-corrected chi connectivity index (χ0v) is 18.1. The van der Waals surface area contributed by atoms with Gasteiger partial charge in [0.15, 0.2) is 0 Å². The van der Waals surface area contributed by atoms with Gasteiger partial charge in [0.25, 0.3) is 0 Å². The van der Waals surface area contributed by atoms with Gasteiger partial charge >= 0.3 is 0 Å². The summed E-state index contributed by atoms with van der Waals surface area (Å²) < 4.78 is 0. The number of nitrogens with zero attached hydrogens (tertiary/aromatic N) is 3. The molecular formula is C24H39N3O. The molecule has 4 fully saturated rings. The highest BCUT2D eigenvalue weighted by Gasteiger charge is 2.58. The van der Waals surface area contributed by atoms with Gasteiger partial charge < -0.3 is 5.11 Å². The zero-order valence-electron chi connectivity index (χ0n) is 18.1. The van der Waals surface area contributed by atoms with Crippen molar-refractivity contribution in [3.8, 4) is 0 Å². The topological polar surface area (TPSA) is 50.9 Å². The maximum Gasteiger partial charge on any atom is 0.0693 e. The van der Waals surface area contributed by atoms with Gasteiger partial charge in [-0.05, 0) is 112 Å². The summed E-state index contributed by atoms with van der Waals surface area (Å²) in [5, 5.41) is 19.3. The van der Waals surface area contributed by atoms with E-state index in [0.29, 0.717) is 11.3 Å². The number of hydrogen-bond donors (Lipinski definition) is 1. The van der Waals surface area contributed by atoms with Crippen molar-refractivity contribution in [2.75, 3.05) is 0 Å². The third kappa shape index (κ3) is 3.05. The van der Waals surface area contributed by atoms with Gasteiger partial charge in [-0.3, -0.25) is 0 Å². The lowest BCUT2D eigenvalue weighted by atomic mass is 9.48. The molecule has 0 aliphatic heterocycles. The zero-order chi connectivity index (χ0) is 19.5. The van der Waals surface area contributed by atoms with Crippen LogP contribution in [0, 0.1) is 46.8 Å². The monoisotopic (exact) mass is 385 g/mol. The third-order valence-electron chi connectivity index (χ3n) is 9.92. The van der Waals surface area contributed by atoms with E-state index in [0.717, 1.165) is 54.9 Å². The molecule has 0 saturated heterocycles. The van der Waals surface area contributed by atoms with Crippen LogP contribution in [0.15, 0.2) is 12.4 Å². The predicted molar refractivity (Wildman–Crippen MR) is 110 cm³/mol. The van der Waals surface area contributed by atoms with Gasteiger partial charge in [-0.1, -0.05) is 13.8 Å². The molecule has 1 N–H and O–H groups in total. The molecule has 4 saturated carbocycles. The molecular weight excluding hydrogens is 346 g/mol.